The predicted octanol–water partition coefficient (Wildman–Crippen LogP) is 3.60. The standard InChI is InChI=1S/C14H13ClO3S/c1-10-6-7-13(19(15,16)17)9-14(10)11-4-3-5-12(8-11)18-2/h3-9H,1-2H3. The number of methoxy groups -OCH3 is 1. The van der Waals surface area contributed by atoms with Gasteiger partial charge in [0.05, 0.1) is 12.0 Å². The Morgan fingerprint density at radius 1 is 1.11 bits per heavy atom. The minimum absolute atomic E-state index is 0.0950. The van der Waals surface area contributed by atoms with Crippen LogP contribution >= 0.6 is 10.7 Å². The van der Waals surface area contributed by atoms with Crippen molar-refractivity contribution in [1.82, 2.24) is 0 Å². The van der Waals surface area contributed by atoms with Crippen molar-refractivity contribution in [2.45, 2.75) is 11.8 Å². The highest BCUT2D eigenvalue weighted by Gasteiger charge is 2.12. The summed E-state index contributed by atoms with van der Waals surface area (Å²) in [5, 5.41) is 0. The van der Waals surface area contributed by atoms with Crippen molar-refractivity contribution in [3.05, 3.63) is 48.0 Å². The molecule has 0 saturated carbocycles. The summed E-state index contributed by atoms with van der Waals surface area (Å²) in [7, 11) is 3.24. The van der Waals surface area contributed by atoms with Crippen molar-refractivity contribution < 1.29 is 13.2 Å². The highest BCUT2D eigenvalue weighted by Crippen LogP contribution is 2.29. The summed E-state index contributed by atoms with van der Waals surface area (Å²) in [6.07, 6.45) is 0. The molecule has 0 aliphatic carbocycles. The van der Waals surface area contributed by atoms with E-state index in [-0.39, 0.29) is 4.90 Å². The highest BCUT2D eigenvalue weighted by atomic mass is 35.7. The Balaban J connectivity index is 2.61. The Kier molecular flexibility index (Phi) is 3.83. The SMILES string of the molecule is COc1cccc(-c2cc(S(=O)(=O)Cl)ccc2C)c1. The van der Waals surface area contributed by atoms with Gasteiger partial charge in [-0.05, 0) is 47.9 Å². The van der Waals surface area contributed by atoms with E-state index in [1.54, 1.807) is 19.2 Å². The molecule has 0 unspecified atom stereocenters. The van der Waals surface area contributed by atoms with E-state index in [0.717, 1.165) is 22.4 Å². The summed E-state index contributed by atoms with van der Waals surface area (Å²) in [5.74, 6) is 0.719. The summed E-state index contributed by atoms with van der Waals surface area (Å²) < 4.78 is 28.0. The van der Waals surface area contributed by atoms with E-state index in [1.165, 1.54) is 6.07 Å². The van der Waals surface area contributed by atoms with E-state index < -0.39 is 9.05 Å². The zero-order chi connectivity index (χ0) is 14.0. The van der Waals surface area contributed by atoms with Crippen LogP contribution in [0.3, 0.4) is 0 Å². The zero-order valence-electron chi connectivity index (χ0n) is 10.6. The van der Waals surface area contributed by atoms with Crippen LogP contribution in [0.4, 0.5) is 0 Å². The lowest BCUT2D eigenvalue weighted by atomic mass is 10.0. The van der Waals surface area contributed by atoms with Crippen molar-refractivity contribution in [3.63, 3.8) is 0 Å². The Labute approximate surface area is 117 Å². The van der Waals surface area contributed by atoms with Crippen LogP contribution in [0.15, 0.2) is 47.4 Å². The molecule has 3 nitrogen and oxygen atoms in total. The van der Waals surface area contributed by atoms with Crippen LogP contribution in [0.1, 0.15) is 5.56 Å². The molecule has 0 heterocycles. The van der Waals surface area contributed by atoms with Crippen LogP contribution in [0.5, 0.6) is 5.75 Å². The van der Waals surface area contributed by atoms with Crippen LogP contribution in [-0.2, 0) is 9.05 Å². The van der Waals surface area contributed by atoms with Crippen molar-refractivity contribution in [2.24, 2.45) is 0 Å². The fourth-order valence-corrected chi connectivity index (χ4v) is 2.63. The van der Waals surface area contributed by atoms with Crippen molar-refractivity contribution >= 4 is 19.7 Å². The third-order valence-corrected chi connectivity index (χ3v) is 4.22. The highest BCUT2D eigenvalue weighted by molar-refractivity contribution is 8.13. The average molecular weight is 297 g/mol. The van der Waals surface area contributed by atoms with Gasteiger partial charge in [-0.15, -0.1) is 0 Å². The number of ether oxygens (including phenoxy) is 1. The van der Waals surface area contributed by atoms with Gasteiger partial charge in [0.15, 0.2) is 0 Å². The first-order valence-electron chi connectivity index (χ1n) is 5.61. The second-order valence-corrected chi connectivity index (χ2v) is 6.71. The fraction of sp³-hybridized carbons (Fsp3) is 0.143. The maximum atomic E-state index is 11.4. The Morgan fingerprint density at radius 2 is 1.84 bits per heavy atom. The molecular formula is C14H13ClO3S. The van der Waals surface area contributed by atoms with Gasteiger partial charge in [-0.3, -0.25) is 0 Å². The molecule has 5 heteroatoms. The smallest absolute Gasteiger partial charge is 0.261 e. The molecular weight excluding hydrogens is 284 g/mol. The third-order valence-electron chi connectivity index (χ3n) is 2.87. The number of hydrogen-bond acceptors (Lipinski definition) is 3. The Hall–Kier alpha value is -1.52. The molecule has 0 aliphatic heterocycles. The van der Waals surface area contributed by atoms with Gasteiger partial charge in [-0.25, -0.2) is 8.42 Å². The van der Waals surface area contributed by atoms with Crippen LogP contribution in [0.25, 0.3) is 11.1 Å². The average Bonchev–Trinajstić information content (AvgIpc) is 2.38. The molecule has 100 valence electrons. The largest absolute Gasteiger partial charge is 0.497 e. The number of halogens is 1. The number of rotatable bonds is 3. The van der Waals surface area contributed by atoms with E-state index >= 15 is 0 Å². The summed E-state index contributed by atoms with van der Waals surface area (Å²) in [5.41, 5.74) is 2.68. The molecule has 2 aromatic carbocycles. The molecule has 0 bridgehead atoms. The molecule has 0 fully saturated rings. The molecule has 0 saturated heterocycles. The van der Waals surface area contributed by atoms with Crippen LogP contribution in [0.2, 0.25) is 0 Å². The summed E-state index contributed by atoms with van der Waals surface area (Å²) in [6, 6.07) is 12.3. The molecule has 0 amide bonds. The quantitative estimate of drug-likeness (QED) is 0.813. The second-order valence-electron chi connectivity index (χ2n) is 4.15. The van der Waals surface area contributed by atoms with Gasteiger partial charge < -0.3 is 4.74 Å². The predicted molar refractivity (Wildman–Crippen MR) is 76.2 cm³/mol. The molecule has 19 heavy (non-hydrogen) atoms. The van der Waals surface area contributed by atoms with Crippen LogP contribution in [-0.4, -0.2) is 15.5 Å². The van der Waals surface area contributed by atoms with E-state index in [1.807, 2.05) is 31.2 Å². The van der Waals surface area contributed by atoms with Gasteiger partial charge in [0.25, 0.3) is 9.05 Å². The first-order chi connectivity index (χ1) is 8.91. The van der Waals surface area contributed by atoms with Gasteiger partial charge >= 0.3 is 0 Å². The lowest BCUT2D eigenvalue weighted by Crippen LogP contribution is -1.93. The minimum Gasteiger partial charge on any atom is -0.497 e. The van der Waals surface area contributed by atoms with Crippen LogP contribution in [0, 0.1) is 6.92 Å². The summed E-state index contributed by atoms with van der Waals surface area (Å²) >= 11 is 0. The van der Waals surface area contributed by atoms with Gasteiger partial charge in [0, 0.05) is 10.7 Å². The molecule has 0 aromatic heterocycles. The van der Waals surface area contributed by atoms with E-state index in [0.29, 0.717) is 0 Å². The van der Waals surface area contributed by atoms with Crippen molar-refractivity contribution in [1.29, 1.82) is 0 Å². The maximum Gasteiger partial charge on any atom is 0.261 e. The maximum absolute atomic E-state index is 11.4. The van der Waals surface area contributed by atoms with Crippen molar-refractivity contribution in [2.75, 3.05) is 7.11 Å². The third kappa shape index (κ3) is 3.08. The van der Waals surface area contributed by atoms with Gasteiger partial charge in [-0.2, -0.15) is 0 Å². The number of benzene rings is 2. The zero-order valence-corrected chi connectivity index (χ0v) is 12.1. The second kappa shape index (κ2) is 5.23. The lowest BCUT2D eigenvalue weighted by molar-refractivity contribution is 0.415. The molecule has 2 rings (SSSR count). The number of aryl methyl sites for hydroxylation is 1. The topological polar surface area (TPSA) is 43.4 Å². The minimum atomic E-state index is -3.72. The lowest BCUT2D eigenvalue weighted by Gasteiger charge is -2.09. The Morgan fingerprint density at radius 3 is 2.47 bits per heavy atom. The normalized spacial score (nSPS) is 11.3. The molecule has 0 N–H and O–H groups in total. The number of hydrogen-bond donors (Lipinski definition) is 0. The Bertz CT molecular complexity index is 708. The molecule has 0 atom stereocenters. The first-order valence-corrected chi connectivity index (χ1v) is 7.92. The van der Waals surface area contributed by atoms with Gasteiger partial charge in [-0.1, -0.05) is 18.2 Å². The van der Waals surface area contributed by atoms with E-state index in [9.17, 15) is 8.42 Å². The molecule has 0 aliphatic rings. The molecule has 0 spiro atoms. The summed E-state index contributed by atoms with van der Waals surface area (Å²) in [6.45, 7) is 1.92. The van der Waals surface area contributed by atoms with E-state index in [4.69, 9.17) is 15.4 Å². The van der Waals surface area contributed by atoms with Crippen molar-refractivity contribution in [3.8, 4) is 16.9 Å². The van der Waals surface area contributed by atoms with Gasteiger partial charge in [0.2, 0.25) is 0 Å². The summed E-state index contributed by atoms with van der Waals surface area (Å²) in [4.78, 5) is 0.0950. The molecule has 0 radical (unpaired) electrons. The van der Waals surface area contributed by atoms with Gasteiger partial charge in [0.1, 0.15) is 5.75 Å². The molecule has 2 aromatic rings. The fourth-order valence-electron chi connectivity index (χ4n) is 1.85. The van der Waals surface area contributed by atoms with Crippen LogP contribution < -0.4 is 4.74 Å². The monoisotopic (exact) mass is 296 g/mol. The first kappa shape index (κ1) is 13.9. The van der Waals surface area contributed by atoms with E-state index in [2.05, 4.69) is 0 Å².